The summed E-state index contributed by atoms with van der Waals surface area (Å²) in [6.45, 7) is 2.22. The molecule has 0 radical (unpaired) electrons. The predicted molar refractivity (Wildman–Crippen MR) is 102 cm³/mol. The van der Waals surface area contributed by atoms with Gasteiger partial charge in [-0.2, -0.15) is 0 Å². The lowest BCUT2D eigenvalue weighted by Gasteiger charge is -2.14. The van der Waals surface area contributed by atoms with E-state index in [0.29, 0.717) is 18.5 Å². The first-order valence-electron chi connectivity index (χ1n) is 8.40. The standard InChI is InChI=1S/C18H21N5OS/c1-24-10-15-21-17(19-9-13-7-8-20-23-13)16-14(11-25-18(16)22-15)12-5-3-2-4-6-12/h2-6,11,13,20,23H,7-10H2,1H3,(H,19,21,22). The summed E-state index contributed by atoms with van der Waals surface area (Å²) in [4.78, 5) is 10.4. The number of nitrogens with one attached hydrogen (secondary N) is 3. The highest BCUT2D eigenvalue weighted by atomic mass is 32.1. The third-order valence-electron chi connectivity index (χ3n) is 4.28. The van der Waals surface area contributed by atoms with Gasteiger partial charge in [0, 0.05) is 37.2 Å². The Morgan fingerprint density at radius 3 is 2.92 bits per heavy atom. The van der Waals surface area contributed by atoms with Crippen molar-refractivity contribution < 1.29 is 4.74 Å². The first kappa shape index (κ1) is 16.4. The molecule has 1 aromatic carbocycles. The normalized spacial score (nSPS) is 17.2. The maximum absolute atomic E-state index is 5.23. The molecule has 1 aliphatic rings. The van der Waals surface area contributed by atoms with Crippen molar-refractivity contribution in [3.05, 3.63) is 41.5 Å². The average molecular weight is 355 g/mol. The Hall–Kier alpha value is -2.06. The molecule has 1 atom stereocenters. The maximum atomic E-state index is 5.23. The first-order valence-corrected chi connectivity index (χ1v) is 9.28. The molecule has 3 aromatic rings. The minimum Gasteiger partial charge on any atom is -0.377 e. The molecule has 6 nitrogen and oxygen atoms in total. The number of benzene rings is 1. The molecular formula is C18H21N5OS. The number of ether oxygens (including phenoxy) is 1. The van der Waals surface area contributed by atoms with Gasteiger partial charge >= 0.3 is 0 Å². The number of aromatic nitrogens is 2. The number of hydrogen-bond donors (Lipinski definition) is 3. The van der Waals surface area contributed by atoms with Crippen LogP contribution in [0.1, 0.15) is 12.2 Å². The molecule has 0 spiro atoms. The quantitative estimate of drug-likeness (QED) is 0.632. The van der Waals surface area contributed by atoms with Gasteiger partial charge in [-0.25, -0.2) is 9.97 Å². The number of fused-ring (bicyclic) bond motifs is 1. The molecular weight excluding hydrogens is 334 g/mol. The zero-order valence-corrected chi connectivity index (χ0v) is 14.9. The lowest BCUT2D eigenvalue weighted by Crippen LogP contribution is -2.35. The van der Waals surface area contributed by atoms with E-state index in [-0.39, 0.29) is 0 Å². The Labute approximate surface area is 150 Å². The second-order valence-electron chi connectivity index (χ2n) is 6.05. The number of thiophene rings is 1. The van der Waals surface area contributed by atoms with Gasteiger partial charge in [-0.05, 0) is 12.0 Å². The largest absolute Gasteiger partial charge is 0.377 e. The van der Waals surface area contributed by atoms with Crippen molar-refractivity contribution in [3.63, 3.8) is 0 Å². The molecule has 0 saturated carbocycles. The van der Waals surface area contributed by atoms with E-state index in [0.717, 1.165) is 35.5 Å². The third kappa shape index (κ3) is 3.50. The Bertz CT molecular complexity index is 845. The van der Waals surface area contributed by atoms with Crippen LogP contribution in [-0.4, -0.2) is 36.2 Å². The van der Waals surface area contributed by atoms with Crippen molar-refractivity contribution in [3.8, 4) is 11.1 Å². The number of anilines is 1. The SMILES string of the molecule is COCc1nc(NCC2CCNN2)c2c(-c3ccccc3)csc2n1. The summed E-state index contributed by atoms with van der Waals surface area (Å²) >= 11 is 1.65. The molecule has 25 heavy (non-hydrogen) atoms. The summed E-state index contributed by atoms with van der Waals surface area (Å²) in [6, 6.07) is 10.8. The van der Waals surface area contributed by atoms with Gasteiger partial charge < -0.3 is 10.1 Å². The predicted octanol–water partition coefficient (Wildman–Crippen LogP) is 2.78. The van der Waals surface area contributed by atoms with Gasteiger partial charge in [0.1, 0.15) is 17.3 Å². The monoisotopic (exact) mass is 355 g/mol. The van der Waals surface area contributed by atoms with Crippen molar-refractivity contribution >= 4 is 27.4 Å². The Morgan fingerprint density at radius 2 is 2.16 bits per heavy atom. The fourth-order valence-electron chi connectivity index (χ4n) is 3.05. The van der Waals surface area contributed by atoms with Crippen molar-refractivity contribution in [2.24, 2.45) is 0 Å². The Morgan fingerprint density at radius 1 is 1.28 bits per heavy atom. The molecule has 1 saturated heterocycles. The molecule has 1 aliphatic heterocycles. The molecule has 1 unspecified atom stereocenters. The van der Waals surface area contributed by atoms with Crippen LogP contribution in [0, 0.1) is 0 Å². The number of hydrazine groups is 1. The molecule has 4 rings (SSSR count). The van der Waals surface area contributed by atoms with Crippen LogP contribution in [0.3, 0.4) is 0 Å². The van der Waals surface area contributed by atoms with Gasteiger partial charge in [0.15, 0.2) is 5.82 Å². The van der Waals surface area contributed by atoms with Crippen molar-refractivity contribution in [1.29, 1.82) is 0 Å². The summed E-state index contributed by atoms with van der Waals surface area (Å²) in [7, 11) is 1.67. The Kier molecular flexibility index (Phi) is 4.89. The summed E-state index contributed by atoms with van der Waals surface area (Å²) in [6.07, 6.45) is 1.10. The van der Waals surface area contributed by atoms with E-state index >= 15 is 0 Å². The fraction of sp³-hybridized carbons (Fsp3) is 0.333. The highest BCUT2D eigenvalue weighted by Gasteiger charge is 2.18. The van der Waals surface area contributed by atoms with E-state index in [1.807, 2.05) is 6.07 Å². The van der Waals surface area contributed by atoms with Crippen LogP contribution in [0.2, 0.25) is 0 Å². The first-order chi connectivity index (χ1) is 12.3. The number of hydrogen-bond acceptors (Lipinski definition) is 7. The van der Waals surface area contributed by atoms with Gasteiger partial charge in [-0.1, -0.05) is 30.3 Å². The molecule has 2 aromatic heterocycles. The molecule has 0 bridgehead atoms. The van der Waals surface area contributed by atoms with E-state index in [4.69, 9.17) is 9.72 Å². The lowest BCUT2D eigenvalue weighted by atomic mass is 10.1. The van der Waals surface area contributed by atoms with E-state index in [1.165, 1.54) is 11.1 Å². The van der Waals surface area contributed by atoms with Gasteiger partial charge in [0.05, 0.1) is 5.39 Å². The summed E-state index contributed by atoms with van der Waals surface area (Å²) < 4.78 is 5.23. The van der Waals surface area contributed by atoms with E-state index in [2.05, 4.69) is 50.8 Å². The van der Waals surface area contributed by atoms with Crippen LogP contribution in [0.5, 0.6) is 0 Å². The minimum atomic E-state index is 0.398. The highest BCUT2D eigenvalue weighted by Crippen LogP contribution is 2.37. The summed E-state index contributed by atoms with van der Waals surface area (Å²) in [5.41, 5.74) is 8.80. The lowest BCUT2D eigenvalue weighted by molar-refractivity contribution is 0.178. The summed E-state index contributed by atoms with van der Waals surface area (Å²) in [5, 5.41) is 6.77. The highest BCUT2D eigenvalue weighted by molar-refractivity contribution is 7.17. The Balaban J connectivity index is 1.74. The zero-order chi connectivity index (χ0) is 17.1. The van der Waals surface area contributed by atoms with Crippen LogP contribution in [0.4, 0.5) is 5.82 Å². The van der Waals surface area contributed by atoms with Crippen molar-refractivity contribution in [2.45, 2.75) is 19.1 Å². The van der Waals surface area contributed by atoms with Crippen molar-refractivity contribution in [1.82, 2.24) is 20.8 Å². The number of nitrogens with zero attached hydrogens (tertiary/aromatic N) is 2. The van der Waals surface area contributed by atoms with Crippen LogP contribution >= 0.6 is 11.3 Å². The van der Waals surface area contributed by atoms with Crippen LogP contribution < -0.4 is 16.2 Å². The van der Waals surface area contributed by atoms with E-state index in [1.54, 1.807) is 18.4 Å². The van der Waals surface area contributed by atoms with Gasteiger partial charge in [-0.3, -0.25) is 10.9 Å². The summed E-state index contributed by atoms with van der Waals surface area (Å²) in [5.74, 6) is 1.59. The molecule has 130 valence electrons. The average Bonchev–Trinajstić information content (AvgIpc) is 3.30. The maximum Gasteiger partial charge on any atom is 0.158 e. The van der Waals surface area contributed by atoms with Gasteiger partial charge in [0.2, 0.25) is 0 Å². The second kappa shape index (κ2) is 7.45. The minimum absolute atomic E-state index is 0.398. The molecule has 1 fully saturated rings. The number of rotatable bonds is 6. The molecule has 3 heterocycles. The second-order valence-corrected chi connectivity index (χ2v) is 6.91. The van der Waals surface area contributed by atoms with E-state index < -0.39 is 0 Å². The topological polar surface area (TPSA) is 71.1 Å². The fourth-order valence-corrected chi connectivity index (χ4v) is 4.01. The van der Waals surface area contributed by atoms with Crippen LogP contribution in [0.15, 0.2) is 35.7 Å². The van der Waals surface area contributed by atoms with Gasteiger partial charge in [-0.15, -0.1) is 11.3 Å². The van der Waals surface area contributed by atoms with Crippen LogP contribution in [-0.2, 0) is 11.3 Å². The molecule has 0 aliphatic carbocycles. The molecule has 0 amide bonds. The number of methoxy groups -OCH3 is 1. The van der Waals surface area contributed by atoms with E-state index in [9.17, 15) is 0 Å². The third-order valence-corrected chi connectivity index (χ3v) is 5.15. The molecule has 7 heteroatoms. The van der Waals surface area contributed by atoms with Gasteiger partial charge in [0.25, 0.3) is 0 Å². The van der Waals surface area contributed by atoms with Crippen LogP contribution in [0.25, 0.3) is 21.3 Å². The smallest absolute Gasteiger partial charge is 0.158 e. The molecule has 3 N–H and O–H groups in total. The van der Waals surface area contributed by atoms with Crippen molar-refractivity contribution in [2.75, 3.05) is 25.5 Å². The zero-order valence-electron chi connectivity index (χ0n) is 14.1.